The van der Waals surface area contributed by atoms with Crippen LogP contribution in [0, 0.1) is 0 Å². The number of nitrogens with zero attached hydrogens (tertiary/aromatic N) is 2. The van der Waals surface area contributed by atoms with E-state index in [4.69, 9.17) is 0 Å². The van der Waals surface area contributed by atoms with Crippen molar-refractivity contribution >= 4 is 28.3 Å². The molecule has 0 atom stereocenters. The number of aliphatic hydroxyl groups is 1. The molecule has 0 aliphatic rings. The summed E-state index contributed by atoms with van der Waals surface area (Å²) in [5.41, 5.74) is -1.30. The molecule has 11 heteroatoms. The van der Waals surface area contributed by atoms with Gasteiger partial charge in [0.15, 0.2) is 5.70 Å². The Morgan fingerprint density at radius 1 is 1.10 bits per heavy atom. The quantitative estimate of drug-likeness (QED) is 0.292. The third-order valence-electron chi connectivity index (χ3n) is 3.80. The SMILES string of the molecule is CC(O)=C(N=Nc1ccccc1C(F)(F)F)C(=O)Nc1ccc2[nH]c(=O)[nH]c2c1. The zero-order valence-corrected chi connectivity index (χ0v) is 14.8. The van der Waals surface area contributed by atoms with E-state index in [0.717, 1.165) is 19.1 Å². The Hall–Kier alpha value is -3.89. The Morgan fingerprint density at radius 2 is 1.79 bits per heavy atom. The summed E-state index contributed by atoms with van der Waals surface area (Å²) in [5, 5.41) is 19.2. The average molecular weight is 405 g/mol. The summed E-state index contributed by atoms with van der Waals surface area (Å²) in [7, 11) is 0. The van der Waals surface area contributed by atoms with Gasteiger partial charge in [0.2, 0.25) is 0 Å². The number of benzene rings is 2. The number of imidazole rings is 1. The molecule has 4 N–H and O–H groups in total. The highest BCUT2D eigenvalue weighted by atomic mass is 19.4. The van der Waals surface area contributed by atoms with Crippen molar-refractivity contribution in [3.05, 3.63) is 70.0 Å². The van der Waals surface area contributed by atoms with E-state index < -0.39 is 40.5 Å². The third kappa shape index (κ3) is 4.51. The molecule has 3 rings (SSSR count). The van der Waals surface area contributed by atoms with Crippen molar-refractivity contribution < 1.29 is 23.1 Å². The van der Waals surface area contributed by atoms with Gasteiger partial charge in [0.25, 0.3) is 5.91 Å². The van der Waals surface area contributed by atoms with Gasteiger partial charge in [0.05, 0.1) is 22.3 Å². The largest absolute Gasteiger partial charge is 0.510 e. The predicted octanol–water partition coefficient (Wildman–Crippen LogP) is 4.39. The number of aliphatic hydroxyl groups excluding tert-OH is 1. The molecular formula is C18H14F3N5O3. The molecule has 29 heavy (non-hydrogen) atoms. The summed E-state index contributed by atoms with van der Waals surface area (Å²) < 4.78 is 39.1. The standard InChI is InChI=1S/C18H14F3N5O3/c1-9(27)15(26-25-12-5-3-2-4-11(12)18(19,20)21)16(28)22-10-6-7-13-14(8-10)24-17(29)23-13/h2-8,27H,1H3,(H,22,28)(H2,23,24,29). The van der Waals surface area contributed by atoms with Crippen molar-refractivity contribution in [2.75, 3.05) is 5.32 Å². The van der Waals surface area contributed by atoms with E-state index >= 15 is 0 Å². The van der Waals surface area contributed by atoms with Gasteiger partial charge in [-0.2, -0.15) is 13.2 Å². The zero-order valence-electron chi connectivity index (χ0n) is 14.8. The van der Waals surface area contributed by atoms with Crippen molar-refractivity contribution in [3.63, 3.8) is 0 Å². The maximum absolute atomic E-state index is 13.0. The van der Waals surface area contributed by atoms with Gasteiger partial charge >= 0.3 is 11.9 Å². The van der Waals surface area contributed by atoms with Crippen molar-refractivity contribution in [1.29, 1.82) is 0 Å². The summed E-state index contributed by atoms with van der Waals surface area (Å²) >= 11 is 0. The normalized spacial score (nSPS) is 13.0. The van der Waals surface area contributed by atoms with Crippen LogP contribution < -0.4 is 11.0 Å². The number of fused-ring (bicyclic) bond motifs is 1. The van der Waals surface area contributed by atoms with Crippen LogP contribution in [0.4, 0.5) is 24.5 Å². The highest BCUT2D eigenvalue weighted by Crippen LogP contribution is 2.36. The lowest BCUT2D eigenvalue weighted by Crippen LogP contribution is -2.14. The molecule has 1 amide bonds. The highest BCUT2D eigenvalue weighted by molar-refractivity contribution is 6.04. The molecule has 0 bridgehead atoms. The van der Waals surface area contributed by atoms with E-state index in [0.29, 0.717) is 11.0 Å². The minimum atomic E-state index is -4.65. The first-order valence-electron chi connectivity index (χ1n) is 8.16. The number of nitrogens with one attached hydrogen (secondary N) is 3. The first-order valence-corrected chi connectivity index (χ1v) is 8.16. The number of H-pyrrole nitrogens is 2. The highest BCUT2D eigenvalue weighted by Gasteiger charge is 2.33. The number of anilines is 1. The summed E-state index contributed by atoms with van der Waals surface area (Å²) in [6, 6.07) is 8.95. The fourth-order valence-corrected chi connectivity index (χ4v) is 2.49. The fourth-order valence-electron chi connectivity index (χ4n) is 2.49. The van der Waals surface area contributed by atoms with Crippen molar-refractivity contribution in [2.24, 2.45) is 10.2 Å². The Labute approximate surface area is 160 Å². The van der Waals surface area contributed by atoms with Gasteiger partial charge < -0.3 is 20.4 Å². The van der Waals surface area contributed by atoms with Crippen molar-refractivity contribution in [1.82, 2.24) is 9.97 Å². The number of alkyl halides is 3. The van der Waals surface area contributed by atoms with E-state index in [1.165, 1.54) is 24.3 Å². The van der Waals surface area contributed by atoms with Gasteiger partial charge in [-0.3, -0.25) is 4.79 Å². The van der Waals surface area contributed by atoms with Gasteiger partial charge in [-0.05, 0) is 37.3 Å². The molecule has 0 spiro atoms. The molecule has 2 aromatic carbocycles. The number of carbonyl (C=O) groups excluding carboxylic acids is 1. The molecule has 1 aromatic heterocycles. The van der Waals surface area contributed by atoms with Gasteiger partial charge in [0, 0.05) is 5.69 Å². The summed E-state index contributed by atoms with van der Waals surface area (Å²) in [6.07, 6.45) is -4.65. The second kappa shape index (κ2) is 7.62. The van der Waals surface area contributed by atoms with Crippen LogP contribution in [0.25, 0.3) is 11.0 Å². The predicted molar refractivity (Wildman–Crippen MR) is 98.8 cm³/mol. The van der Waals surface area contributed by atoms with Crippen LogP contribution in [0.15, 0.2) is 68.9 Å². The zero-order chi connectivity index (χ0) is 21.2. The van der Waals surface area contributed by atoms with Crippen LogP contribution >= 0.6 is 0 Å². The number of aromatic nitrogens is 2. The molecule has 0 saturated carbocycles. The molecule has 150 valence electrons. The molecule has 0 aliphatic heterocycles. The first-order chi connectivity index (χ1) is 13.6. The van der Waals surface area contributed by atoms with E-state index in [-0.39, 0.29) is 5.69 Å². The topological polar surface area (TPSA) is 123 Å². The van der Waals surface area contributed by atoms with Crippen LogP contribution in [-0.2, 0) is 11.0 Å². The number of amides is 1. The smallest absolute Gasteiger partial charge is 0.418 e. The van der Waals surface area contributed by atoms with Gasteiger partial charge in [-0.15, -0.1) is 10.2 Å². The molecule has 0 unspecified atom stereocenters. The van der Waals surface area contributed by atoms with E-state index in [1.54, 1.807) is 6.07 Å². The van der Waals surface area contributed by atoms with Crippen molar-refractivity contribution in [3.8, 4) is 0 Å². The molecule has 8 nitrogen and oxygen atoms in total. The second-order valence-corrected chi connectivity index (χ2v) is 5.94. The van der Waals surface area contributed by atoms with Crippen LogP contribution in [-0.4, -0.2) is 21.0 Å². The second-order valence-electron chi connectivity index (χ2n) is 5.94. The number of carbonyl (C=O) groups is 1. The third-order valence-corrected chi connectivity index (χ3v) is 3.80. The number of allylic oxidation sites excluding steroid dienone is 1. The molecule has 0 aliphatic carbocycles. The molecule has 1 heterocycles. The van der Waals surface area contributed by atoms with Gasteiger partial charge in [-0.25, -0.2) is 4.79 Å². The first kappa shape index (κ1) is 19.9. The van der Waals surface area contributed by atoms with Crippen LogP contribution in [0.2, 0.25) is 0 Å². The number of rotatable bonds is 4. The minimum absolute atomic E-state index is 0.266. The Bertz CT molecular complexity index is 1190. The van der Waals surface area contributed by atoms with E-state index in [1.807, 2.05) is 0 Å². The summed E-state index contributed by atoms with van der Waals surface area (Å²) in [4.78, 5) is 28.8. The fraction of sp³-hybridized carbons (Fsp3) is 0.111. The number of halogens is 3. The number of hydrogen-bond acceptors (Lipinski definition) is 5. The lowest BCUT2D eigenvalue weighted by Gasteiger charge is -2.09. The molecule has 3 aromatic rings. The molecule has 0 saturated heterocycles. The Kier molecular flexibility index (Phi) is 5.22. The van der Waals surface area contributed by atoms with Gasteiger partial charge in [0.1, 0.15) is 5.76 Å². The lowest BCUT2D eigenvalue weighted by molar-refractivity contribution is -0.137. The lowest BCUT2D eigenvalue weighted by atomic mass is 10.2. The van der Waals surface area contributed by atoms with Crippen LogP contribution in [0.3, 0.4) is 0 Å². The number of hydrogen-bond donors (Lipinski definition) is 4. The monoisotopic (exact) mass is 405 g/mol. The number of aromatic amines is 2. The van der Waals surface area contributed by atoms with Gasteiger partial charge in [-0.1, -0.05) is 12.1 Å². The minimum Gasteiger partial charge on any atom is -0.510 e. The Balaban J connectivity index is 1.86. The molecular weight excluding hydrogens is 391 g/mol. The average Bonchev–Trinajstić information content (AvgIpc) is 3.00. The van der Waals surface area contributed by atoms with Crippen molar-refractivity contribution in [2.45, 2.75) is 13.1 Å². The Morgan fingerprint density at radius 3 is 2.48 bits per heavy atom. The summed E-state index contributed by atoms with van der Waals surface area (Å²) in [6.45, 7) is 1.15. The molecule has 0 radical (unpaired) electrons. The van der Waals surface area contributed by atoms with Crippen LogP contribution in [0.5, 0.6) is 0 Å². The van der Waals surface area contributed by atoms with Crippen LogP contribution in [0.1, 0.15) is 12.5 Å². The maximum atomic E-state index is 13.0. The van der Waals surface area contributed by atoms with E-state index in [9.17, 15) is 27.9 Å². The summed E-state index contributed by atoms with van der Waals surface area (Å²) in [5.74, 6) is -1.43. The maximum Gasteiger partial charge on any atom is 0.418 e. The molecule has 0 fully saturated rings. The van der Waals surface area contributed by atoms with E-state index in [2.05, 4.69) is 25.5 Å². The number of azo groups is 1.